The van der Waals surface area contributed by atoms with E-state index in [0.717, 1.165) is 16.6 Å². The third-order valence-corrected chi connectivity index (χ3v) is 2.40. The van der Waals surface area contributed by atoms with E-state index in [-0.39, 0.29) is 0 Å². The lowest BCUT2D eigenvalue weighted by molar-refractivity contribution is 1.13. The molecule has 2 heteroatoms. The molecule has 0 unspecified atom stereocenters. The molecule has 1 aromatic carbocycles. The van der Waals surface area contributed by atoms with Gasteiger partial charge in [-0.2, -0.15) is 12.6 Å². The third-order valence-electron chi connectivity index (χ3n) is 1.69. The van der Waals surface area contributed by atoms with Crippen LogP contribution in [0.15, 0.2) is 22.7 Å². The predicted octanol–water partition coefficient (Wildman–Crippen LogP) is 3.23. The van der Waals surface area contributed by atoms with Crippen molar-refractivity contribution < 1.29 is 0 Å². The van der Waals surface area contributed by atoms with Crippen molar-refractivity contribution in [3.63, 3.8) is 0 Å². The van der Waals surface area contributed by atoms with E-state index >= 15 is 0 Å². The van der Waals surface area contributed by atoms with Crippen molar-refractivity contribution in [1.29, 1.82) is 0 Å². The first-order valence-corrected chi connectivity index (χ1v) is 5.02. The highest BCUT2D eigenvalue weighted by Crippen LogP contribution is 2.16. The highest BCUT2D eigenvalue weighted by atomic mass is 79.9. The maximum absolute atomic E-state index is 4.19. The average molecular weight is 231 g/mol. The lowest BCUT2D eigenvalue weighted by Crippen LogP contribution is -1.89. The van der Waals surface area contributed by atoms with Gasteiger partial charge in [0.2, 0.25) is 0 Å². The Kier molecular flexibility index (Phi) is 3.46. The molecular formula is C9H11BrS. The zero-order valence-corrected chi connectivity index (χ0v) is 8.95. The summed E-state index contributed by atoms with van der Waals surface area (Å²) in [5.41, 5.74) is 2.73. The molecule has 0 aromatic heterocycles. The molecule has 0 aliphatic carbocycles. The molecule has 0 aliphatic heterocycles. The van der Waals surface area contributed by atoms with Crippen molar-refractivity contribution in [2.24, 2.45) is 0 Å². The van der Waals surface area contributed by atoms with E-state index in [2.05, 4.69) is 53.7 Å². The largest absolute Gasteiger partial charge is 0.179 e. The Balaban J connectivity index is 2.90. The molecule has 60 valence electrons. The topological polar surface area (TPSA) is 0 Å². The number of rotatable bonds is 2. The van der Waals surface area contributed by atoms with Crippen LogP contribution in [0.3, 0.4) is 0 Å². The third kappa shape index (κ3) is 2.53. The zero-order chi connectivity index (χ0) is 8.27. The fraction of sp³-hybridized carbons (Fsp3) is 0.333. The summed E-state index contributed by atoms with van der Waals surface area (Å²) >= 11 is 7.62. The highest BCUT2D eigenvalue weighted by molar-refractivity contribution is 9.10. The van der Waals surface area contributed by atoms with Crippen LogP contribution in [0.5, 0.6) is 0 Å². The van der Waals surface area contributed by atoms with E-state index in [1.54, 1.807) is 0 Å². The van der Waals surface area contributed by atoms with Gasteiger partial charge in [-0.3, -0.25) is 0 Å². The van der Waals surface area contributed by atoms with Gasteiger partial charge in [-0.25, -0.2) is 0 Å². The molecule has 1 rings (SSSR count). The highest BCUT2D eigenvalue weighted by Gasteiger charge is 1.96. The second kappa shape index (κ2) is 4.17. The molecule has 0 saturated carbocycles. The molecule has 0 bridgehead atoms. The minimum absolute atomic E-state index is 0.919. The van der Waals surface area contributed by atoms with Crippen molar-refractivity contribution >= 4 is 28.6 Å². The van der Waals surface area contributed by atoms with Crippen LogP contribution in [0.2, 0.25) is 0 Å². The summed E-state index contributed by atoms with van der Waals surface area (Å²) in [5, 5.41) is 0. The minimum Gasteiger partial charge on any atom is -0.179 e. The molecule has 0 nitrogen and oxygen atoms in total. The van der Waals surface area contributed by atoms with Crippen LogP contribution in [0, 0.1) is 6.92 Å². The molecule has 0 fully saturated rings. The molecule has 0 N–H and O–H groups in total. The molecule has 11 heavy (non-hydrogen) atoms. The molecule has 1 aromatic rings. The van der Waals surface area contributed by atoms with Crippen LogP contribution < -0.4 is 0 Å². The number of aryl methyl sites for hydroxylation is 2. The Hall–Kier alpha value is 0.0500. The molecule has 0 heterocycles. The number of halogens is 1. The molecule has 0 aliphatic rings. The van der Waals surface area contributed by atoms with Gasteiger partial charge in [-0.1, -0.05) is 22.0 Å². The molecule has 0 saturated heterocycles. The number of hydrogen-bond acceptors (Lipinski definition) is 1. The van der Waals surface area contributed by atoms with Gasteiger partial charge in [0.15, 0.2) is 0 Å². The monoisotopic (exact) mass is 230 g/mol. The van der Waals surface area contributed by atoms with Gasteiger partial charge in [0.1, 0.15) is 0 Å². The Morgan fingerprint density at radius 3 is 2.73 bits per heavy atom. The SMILES string of the molecule is Cc1cc(Br)ccc1CCS. The average Bonchev–Trinajstić information content (AvgIpc) is 1.95. The first-order chi connectivity index (χ1) is 5.24. The normalized spacial score (nSPS) is 10.1. The van der Waals surface area contributed by atoms with Gasteiger partial charge in [0.25, 0.3) is 0 Å². The smallest absolute Gasteiger partial charge is 0.0178 e. The van der Waals surface area contributed by atoms with E-state index in [0.29, 0.717) is 0 Å². The Labute approximate surface area is 81.5 Å². The minimum atomic E-state index is 0.919. The summed E-state index contributed by atoms with van der Waals surface area (Å²) in [5.74, 6) is 0.919. The summed E-state index contributed by atoms with van der Waals surface area (Å²) in [4.78, 5) is 0. The molecule has 0 radical (unpaired) electrons. The molecule has 0 amide bonds. The zero-order valence-electron chi connectivity index (χ0n) is 6.47. The van der Waals surface area contributed by atoms with E-state index in [4.69, 9.17) is 0 Å². The van der Waals surface area contributed by atoms with Crippen LogP contribution in [0.4, 0.5) is 0 Å². The summed E-state index contributed by atoms with van der Waals surface area (Å²) in [6.45, 7) is 2.13. The first-order valence-electron chi connectivity index (χ1n) is 3.60. The second-order valence-corrected chi connectivity index (χ2v) is 3.91. The molecule has 0 spiro atoms. The summed E-state index contributed by atoms with van der Waals surface area (Å²) < 4.78 is 1.15. The molecular weight excluding hydrogens is 220 g/mol. The lowest BCUT2D eigenvalue weighted by atomic mass is 10.1. The maximum Gasteiger partial charge on any atom is 0.0178 e. The lowest BCUT2D eigenvalue weighted by Gasteiger charge is -2.03. The quantitative estimate of drug-likeness (QED) is 0.742. The van der Waals surface area contributed by atoms with E-state index in [1.807, 2.05) is 0 Å². The van der Waals surface area contributed by atoms with Gasteiger partial charge in [-0.15, -0.1) is 0 Å². The fourth-order valence-electron chi connectivity index (χ4n) is 1.06. The van der Waals surface area contributed by atoms with Crippen LogP contribution in [0.25, 0.3) is 0 Å². The summed E-state index contributed by atoms with van der Waals surface area (Å²) in [6, 6.07) is 6.36. The Bertz CT molecular complexity index is 245. The summed E-state index contributed by atoms with van der Waals surface area (Å²) in [7, 11) is 0. The van der Waals surface area contributed by atoms with Gasteiger partial charge >= 0.3 is 0 Å². The van der Waals surface area contributed by atoms with E-state index in [1.165, 1.54) is 11.1 Å². The van der Waals surface area contributed by atoms with Gasteiger partial charge < -0.3 is 0 Å². The first kappa shape index (κ1) is 9.14. The van der Waals surface area contributed by atoms with Gasteiger partial charge in [-0.05, 0) is 42.4 Å². The van der Waals surface area contributed by atoms with Crippen molar-refractivity contribution in [2.75, 3.05) is 5.75 Å². The second-order valence-electron chi connectivity index (χ2n) is 2.54. The number of benzene rings is 1. The van der Waals surface area contributed by atoms with Crippen molar-refractivity contribution in [2.45, 2.75) is 13.3 Å². The molecule has 0 atom stereocenters. The Morgan fingerprint density at radius 2 is 2.18 bits per heavy atom. The summed E-state index contributed by atoms with van der Waals surface area (Å²) in [6.07, 6.45) is 1.06. The predicted molar refractivity (Wildman–Crippen MR) is 56.4 cm³/mol. The van der Waals surface area contributed by atoms with Crippen LogP contribution in [0.1, 0.15) is 11.1 Å². The van der Waals surface area contributed by atoms with Crippen LogP contribution in [-0.4, -0.2) is 5.75 Å². The van der Waals surface area contributed by atoms with Crippen molar-refractivity contribution in [3.8, 4) is 0 Å². The van der Waals surface area contributed by atoms with Crippen LogP contribution in [-0.2, 0) is 6.42 Å². The van der Waals surface area contributed by atoms with Crippen LogP contribution >= 0.6 is 28.6 Å². The van der Waals surface area contributed by atoms with Crippen molar-refractivity contribution in [3.05, 3.63) is 33.8 Å². The number of hydrogen-bond donors (Lipinski definition) is 1. The van der Waals surface area contributed by atoms with Gasteiger partial charge in [0, 0.05) is 4.47 Å². The van der Waals surface area contributed by atoms with Gasteiger partial charge in [0.05, 0.1) is 0 Å². The maximum atomic E-state index is 4.19. The number of thiol groups is 1. The Morgan fingerprint density at radius 1 is 1.45 bits per heavy atom. The fourth-order valence-corrected chi connectivity index (χ4v) is 1.78. The van der Waals surface area contributed by atoms with E-state index < -0.39 is 0 Å². The van der Waals surface area contributed by atoms with Crippen molar-refractivity contribution in [1.82, 2.24) is 0 Å². The van der Waals surface area contributed by atoms with E-state index in [9.17, 15) is 0 Å². The standard InChI is InChI=1S/C9H11BrS/c1-7-6-9(10)3-2-8(7)4-5-11/h2-3,6,11H,4-5H2,1H3.